The quantitative estimate of drug-likeness (QED) is 0.905. The van der Waals surface area contributed by atoms with Crippen molar-refractivity contribution >= 4 is 16.7 Å². The van der Waals surface area contributed by atoms with E-state index in [1.165, 1.54) is 11.5 Å². The van der Waals surface area contributed by atoms with E-state index >= 15 is 0 Å². The van der Waals surface area contributed by atoms with Gasteiger partial charge >= 0.3 is 0 Å². The lowest BCUT2D eigenvalue weighted by Crippen LogP contribution is -2.32. The highest BCUT2D eigenvalue weighted by atomic mass is 32.1. The molecule has 0 amide bonds. The molecule has 3 rings (SSSR count). The molecule has 0 saturated heterocycles. The molecule has 2 aromatic rings. The van der Waals surface area contributed by atoms with Crippen molar-refractivity contribution in [3.63, 3.8) is 0 Å². The summed E-state index contributed by atoms with van der Waals surface area (Å²) in [6.07, 6.45) is 5.54. The zero-order valence-corrected chi connectivity index (χ0v) is 13.3. The van der Waals surface area contributed by atoms with Gasteiger partial charge in [-0.05, 0) is 31.7 Å². The molecule has 0 spiro atoms. The molecule has 8 heteroatoms. The minimum atomic E-state index is -0.0211. The molecule has 1 aliphatic carbocycles. The topological polar surface area (TPSA) is 81.9 Å². The van der Waals surface area contributed by atoms with Gasteiger partial charge in [0.05, 0.1) is 6.04 Å². The number of aromatic nitrogens is 4. The number of ether oxygens (including phenoxy) is 1. The van der Waals surface area contributed by atoms with Gasteiger partial charge in [-0.2, -0.15) is 9.47 Å². The van der Waals surface area contributed by atoms with Gasteiger partial charge in [-0.15, -0.1) is 0 Å². The highest BCUT2D eigenvalue weighted by Crippen LogP contribution is 2.29. The molecule has 2 aromatic heterocycles. The molecule has 1 fully saturated rings. The lowest BCUT2D eigenvalue weighted by Gasteiger charge is -2.29. The Kier molecular flexibility index (Phi) is 4.79. The number of nitrogens with one attached hydrogen (secondary N) is 1. The lowest BCUT2D eigenvalue weighted by molar-refractivity contribution is 0.179. The molecule has 0 radical (unpaired) electrons. The SMILES string of the molecule is COCc1nsc(NC2CCC(n3ncccc3=O)CC2)n1. The Morgan fingerprint density at radius 2 is 2.23 bits per heavy atom. The molecule has 0 atom stereocenters. The first-order chi connectivity index (χ1) is 10.8. The number of methoxy groups -OCH3 is 1. The van der Waals surface area contributed by atoms with Crippen LogP contribution in [0.2, 0.25) is 0 Å². The Morgan fingerprint density at radius 3 is 2.95 bits per heavy atom. The van der Waals surface area contributed by atoms with Crippen LogP contribution in [0.5, 0.6) is 0 Å². The number of rotatable bonds is 5. The van der Waals surface area contributed by atoms with Gasteiger partial charge < -0.3 is 10.1 Å². The first-order valence-corrected chi connectivity index (χ1v) is 8.15. The zero-order valence-electron chi connectivity index (χ0n) is 12.4. The number of anilines is 1. The molecular formula is C14H19N5O2S. The highest BCUT2D eigenvalue weighted by molar-refractivity contribution is 7.09. The summed E-state index contributed by atoms with van der Waals surface area (Å²) >= 11 is 1.36. The van der Waals surface area contributed by atoms with Crippen LogP contribution >= 0.6 is 11.5 Å². The molecule has 0 bridgehead atoms. The molecule has 1 aliphatic rings. The van der Waals surface area contributed by atoms with Crippen LogP contribution in [0.1, 0.15) is 37.5 Å². The number of nitrogens with zero attached hydrogens (tertiary/aromatic N) is 4. The van der Waals surface area contributed by atoms with E-state index in [-0.39, 0.29) is 11.6 Å². The van der Waals surface area contributed by atoms with E-state index < -0.39 is 0 Å². The van der Waals surface area contributed by atoms with Crippen molar-refractivity contribution in [1.82, 2.24) is 19.1 Å². The van der Waals surface area contributed by atoms with E-state index in [2.05, 4.69) is 19.8 Å². The van der Waals surface area contributed by atoms with Gasteiger partial charge in [0.15, 0.2) is 5.82 Å². The van der Waals surface area contributed by atoms with Crippen molar-refractivity contribution in [2.24, 2.45) is 0 Å². The second-order valence-corrected chi connectivity index (χ2v) is 6.16. The van der Waals surface area contributed by atoms with E-state index in [0.29, 0.717) is 18.5 Å². The minimum absolute atomic E-state index is 0.0211. The second-order valence-electron chi connectivity index (χ2n) is 5.41. The first-order valence-electron chi connectivity index (χ1n) is 7.38. The van der Waals surface area contributed by atoms with Gasteiger partial charge in [0.25, 0.3) is 5.56 Å². The Balaban J connectivity index is 1.55. The van der Waals surface area contributed by atoms with E-state index in [4.69, 9.17) is 4.74 Å². The summed E-state index contributed by atoms with van der Waals surface area (Å²) in [7, 11) is 1.63. The maximum absolute atomic E-state index is 11.8. The van der Waals surface area contributed by atoms with Crippen LogP contribution in [0.3, 0.4) is 0 Å². The van der Waals surface area contributed by atoms with Gasteiger partial charge in [-0.25, -0.2) is 9.67 Å². The first kappa shape index (κ1) is 15.1. The van der Waals surface area contributed by atoms with E-state index in [0.717, 1.165) is 30.8 Å². The maximum atomic E-state index is 11.8. The Labute approximate surface area is 132 Å². The number of hydrogen-bond donors (Lipinski definition) is 1. The minimum Gasteiger partial charge on any atom is -0.377 e. The van der Waals surface area contributed by atoms with Gasteiger partial charge in [0, 0.05) is 36.9 Å². The van der Waals surface area contributed by atoms with Gasteiger partial charge in [-0.3, -0.25) is 4.79 Å². The van der Waals surface area contributed by atoms with Crippen LogP contribution in [-0.2, 0) is 11.3 Å². The van der Waals surface area contributed by atoms with E-state index in [1.807, 2.05) is 0 Å². The van der Waals surface area contributed by atoms with Crippen molar-refractivity contribution in [1.29, 1.82) is 0 Å². The summed E-state index contributed by atoms with van der Waals surface area (Å²) in [5.41, 5.74) is -0.0211. The van der Waals surface area contributed by atoms with Crippen LogP contribution in [0, 0.1) is 0 Å². The lowest BCUT2D eigenvalue weighted by atomic mass is 9.91. The molecular weight excluding hydrogens is 302 g/mol. The fourth-order valence-corrected chi connectivity index (χ4v) is 3.43. The third-order valence-electron chi connectivity index (χ3n) is 3.85. The molecule has 0 aromatic carbocycles. The summed E-state index contributed by atoms with van der Waals surface area (Å²) in [6.45, 7) is 0.438. The highest BCUT2D eigenvalue weighted by Gasteiger charge is 2.24. The molecule has 1 N–H and O–H groups in total. The fourth-order valence-electron chi connectivity index (χ4n) is 2.78. The number of hydrogen-bond acceptors (Lipinski definition) is 7. The van der Waals surface area contributed by atoms with Gasteiger partial charge in [0.2, 0.25) is 5.13 Å². The van der Waals surface area contributed by atoms with Crippen molar-refractivity contribution < 1.29 is 4.74 Å². The largest absolute Gasteiger partial charge is 0.377 e. The van der Waals surface area contributed by atoms with Crippen molar-refractivity contribution in [3.8, 4) is 0 Å². The smallest absolute Gasteiger partial charge is 0.266 e. The summed E-state index contributed by atoms with van der Waals surface area (Å²) in [5, 5.41) is 8.45. The molecule has 1 saturated carbocycles. The second kappa shape index (κ2) is 6.97. The third kappa shape index (κ3) is 3.50. The predicted molar refractivity (Wildman–Crippen MR) is 84.0 cm³/mol. The summed E-state index contributed by atoms with van der Waals surface area (Å²) in [5.74, 6) is 0.712. The third-order valence-corrected chi connectivity index (χ3v) is 4.54. The van der Waals surface area contributed by atoms with E-state index in [1.54, 1.807) is 30.1 Å². The standard InChI is InChI=1S/C14H19N5O2S/c1-21-9-12-17-14(22-18-12)16-10-4-6-11(7-5-10)19-13(20)3-2-8-15-19/h2-3,8,10-11H,4-7,9H2,1H3,(H,16,17,18). The van der Waals surface area contributed by atoms with Gasteiger partial charge in [0.1, 0.15) is 6.61 Å². The fraction of sp³-hybridized carbons (Fsp3) is 0.571. The maximum Gasteiger partial charge on any atom is 0.266 e. The molecule has 0 aliphatic heterocycles. The van der Waals surface area contributed by atoms with Crippen LogP contribution in [0.15, 0.2) is 23.1 Å². The average Bonchev–Trinajstić information content (AvgIpc) is 2.96. The summed E-state index contributed by atoms with van der Waals surface area (Å²) in [4.78, 5) is 16.2. The van der Waals surface area contributed by atoms with Crippen LogP contribution in [0.4, 0.5) is 5.13 Å². The molecule has 22 heavy (non-hydrogen) atoms. The zero-order chi connectivity index (χ0) is 15.4. The monoisotopic (exact) mass is 321 g/mol. The van der Waals surface area contributed by atoms with Gasteiger partial charge in [-0.1, -0.05) is 0 Å². The van der Waals surface area contributed by atoms with Crippen molar-refractivity contribution in [3.05, 3.63) is 34.5 Å². The molecule has 118 valence electrons. The Morgan fingerprint density at radius 1 is 1.41 bits per heavy atom. The van der Waals surface area contributed by atoms with Crippen LogP contribution in [0.25, 0.3) is 0 Å². The van der Waals surface area contributed by atoms with Crippen LogP contribution in [-0.4, -0.2) is 32.3 Å². The van der Waals surface area contributed by atoms with Crippen molar-refractivity contribution in [2.75, 3.05) is 12.4 Å². The van der Waals surface area contributed by atoms with E-state index in [9.17, 15) is 4.79 Å². The Bertz CT molecular complexity index is 663. The summed E-state index contributed by atoms with van der Waals surface area (Å²) in [6, 6.07) is 3.82. The van der Waals surface area contributed by atoms with Crippen LogP contribution < -0.4 is 10.9 Å². The Hall–Kier alpha value is -1.80. The molecule has 2 heterocycles. The normalized spacial score (nSPS) is 21.7. The average molecular weight is 321 g/mol. The summed E-state index contributed by atoms with van der Waals surface area (Å²) < 4.78 is 10.9. The molecule has 0 unspecified atom stereocenters. The van der Waals surface area contributed by atoms with Crippen molar-refractivity contribution in [2.45, 2.75) is 44.4 Å². The molecule has 7 nitrogen and oxygen atoms in total. The predicted octanol–water partition coefficient (Wildman–Crippen LogP) is 1.84.